The maximum Gasteiger partial charge on any atom is 0.251 e. The number of likely N-dealkylation sites (tertiary alicyclic amines) is 1. The van der Waals surface area contributed by atoms with Crippen molar-refractivity contribution in [2.24, 2.45) is 5.73 Å². The first-order valence-corrected chi connectivity index (χ1v) is 7.82. The summed E-state index contributed by atoms with van der Waals surface area (Å²) in [6.07, 6.45) is 2.49. The van der Waals surface area contributed by atoms with Crippen molar-refractivity contribution in [2.45, 2.75) is 43.8 Å². The van der Waals surface area contributed by atoms with E-state index in [-0.39, 0.29) is 23.5 Å². The van der Waals surface area contributed by atoms with Crippen molar-refractivity contribution in [3.8, 4) is 0 Å². The SMILES string of the molecule is CC1(c2ccccc2)CCN(C(=O)[C@@H]2CC[C@H](CN)O2)C1. The predicted octanol–water partition coefficient (Wildman–Crippen LogP) is 1.68. The maximum absolute atomic E-state index is 12.6. The zero-order chi connectivity index (χ0) is 14.9. The van der Waals surface area contributed by atoms with Crippen LogP contribution >= 0.6 is 0 Å². The number of amides is 1. The van der Waals surface area contributed by atoms with Gasteiger partial charge in [0.2, 0.25) is 0 Å². The third kappa shape index (κ3) is 2.83. The molecule has 3 atom stereocenters. The van der Waals surface area contributed by atoms with E-state index in [9.17, 15) is 4.79 Å². The summed E-state index contributed by atoms with van der Waals surface area (Å²) in [6, 6.07) is 10.5. The first-order chi connectivity index (χ1) is 10.1. The molecule has 3 rings (SSSR count). The highest BCUT2D eigenvalue weighted by molar-refractivity contribution is 5.81. The van der Waals surface area contributed by atoms with Gasteiger partial charge in [-0.15, -0.1) is 0 Å². The predicted molar refractivity (Wildman–Crippen MR) is 81.9 cm³/mol. The molecule has 4 nitrogen and oxygen atoms in total. The lowest BCUT2D eigenvalue weighted by Gasteiger charge is -2.26. The fourth-order valence-corrected chi connectivity index (χ4v) is 3.49. The normalized spacial score (nSPS) is 32.6. The second-order valence-corrected chi connectivity index (χ2v) is 6.50. The van der Waals surface area contributed by atoms with E-state index in [0.717, 1.165) is 32.4 Å². The Morgan fingerprint density at radius 2 is 2.14 bits per heavy atom. The van der Waals surface area contributed by atoms with Crippen molar-refractivity contribution in [1.29, 1.82) is 0 Å². The quantitative estimate of drug-likeness (QED) is 0.920. The number of hydrogen-bond acceptors (Lipinski definition) is 3. The van der Waals surface area contributed by atoms with Crippen LogP contribution in [0.2, 0.25) is 0 Å². The van der Waals surface area contributed by atoms with E-state index in [4.69, 9.17) is 10.5 Å². The van der Waals surface area contributed by atoms with Gasteiger partial charge < -0.3 is 15.4 Å². The van der Waals surface area contributed by atoms with Crippen molar-refractivity contribution in [3.05, 3.63) is 35.9 Å². The topological polar surface area (TPSA) is 55.6 Å². The Morgan fingerprint density at radius 1 is 1.38 bits per heavy atom. The summed E-state index contributed by atoms with van der Waals surface area (Å²) in [5, 5.41) is 0. The van der Waals surface area contributed by atoms with E-state index in [1.54, 1.807) is 0 Å². The summed E-state index contributed by atoms with van der Waals surface area (Å²) in [4.78, 5) is 14.6. The second-order valence-electron chi connectivity index (χ2n) is 6.50. The van der Waals surface area contributed by atoms with Gasteiger partial charge in [-0.3, -0.25) is 4.79 Å². The highest BCUT2D eigenvalue weighted by atomic mass is 16.5. The zero-order valence-corrected chi connectivity index (χ0v) is 12.6. The molecule has 2 heterocycles. The molecule has 1 unspecified atom stereocenters. The smallest absolute Gasteiger partial charge is 0.251 e. The average molecular weight is 288 g/mol. The number of nitrogens with zero attached hydrogens (tertiary/aromatic N) is 1. The van der Waals surface area contributed by atoms with E-state index in [0.29, 0.717) is 6.54 Å². The van der Waals surface area contributed by atoms with Crippen LogP contribution in [0.4, 0.5) is 0 Å². The molecule has 0 aliphatic carbocycles. The number of nitrogens with two attached hydrogens (primary N) is 1. The standard InChI is InChI=1S/C17H24N2O2/c1-17(13-5-3-2-4-6-13)9-10-19(12-17)16(20)15-8-7-14(11-18)21-15/h2-6,14-15H,7-12,18H2,1H3/t14-,15+,17?/m1/s1. The van der Waals surface area contributed by atoms with Crippen LogP contribution in [0, 0.1) is 0 Å². The van der Waals surface area contributed by atoms with E-state index in [2.05, 4.69) is 31.2 Å². The third-order valence-electron chi connectivity index (χ3n) is 4.90. The van der Waals surface area contributed by atoms with Crippen LogP contribution in [-0.4, -0.2) is 42.6 Å². The molecule has 1 aromatic rings. The van der Waals surface area contributed by atoms with E-state index < -0.39 is 0 Å². The summed E-state index contributed by atoms with van der Waals surface area (Å²) in [7, 11) is 0. The Bertz CT molecular complexity index is 505. The molecule has 21 heavy (non-hydrogen) atoms. The van der Waals surface area contributed by atoms with Gasteiger partial charge in [-0.1, -0.05) is 37.3 Å². The van der Waals surface area contributed by atoms with Crippen LogP contribution in [0.25, 0.3) is 0 Å². The van der Waals surface area contributed by atoms with Gasteiger partial charge in [0.25, 0.3) is 5.91 Å². The number of rotatable bonds is 3. The van der Waals surface area contributed by atoms with Gasteiger partial charge in [0.05, 0.1) is 6.10 Å². The summed E-state index contributed by atoms with van der Waals surface area (Å²) < 4.78 is 5.74. The Kier molecular flexibility index (Phi) is 4.00. The van der Waals surface area contributed by atoms with E-state index >= 15 is 0 Å². The summed E-state index contributed by atoms with van der Waals surface area (Å²) >= 11 is 0. The largest absolute Gasteiger partial charge is 0.364 e. The van der Waals surface area contributed by atoms with Crippen molar-refractivity contribution < 1.29 is 9.53 Å². The number of ether oxygens (including phenoxy) is 1. The van der Waals surface area contributed by atoms with Crippen molar-refractivity contribution >= 4 is 5.91 Å². The molecule has 0 saturated carbocycles. The van der Waals surface area contributed by atoms with Crippen molar-refractivity contribution in [1.82, 2.24) is 4.90 Å². The summed E-state index contributed by atoms with van der Waals surface area (Å²) in [6.45, 7) is 4.35. The van der Waals surface area contributed by atoms with Crippen molar-refractivity contribution in [2.75, 3.05) is 19.6 Å². The van der Waals surface area contributed by atoms with Gasteiger partial charge in [-0.2, -0.15) is 0 Å². The molecule has 114 valence electrons. The first kappa shape index (κ1) is 14.5. The van der Waals surface area contributed by atoms with Gasteiger partial charge in [0.15, 0.2) is 0 Å². The number of hydrogen-bond donors (Lipinski definition) is 1. The Morgan fingerprint density at radius 3 is 2.81 bits per heavy atom. The molecular weight excluding hydrogens is 264 g/mol. The van der Waals surface area contributed by atoms with Crippen LogP contribution in [0.1, 0.15) is 31.7 Å². The number of carbonyl (C=O) groups is 1. The molecule has 2 N–H and O–H groups in total. The van der Waals surface area contributed by atoms with Crippen LogP contribution in [0.15, 0.2) is 30.3 Å². The molecule has 0 bridgehead atoms. The molecule has 2 aliphatic heterocycles. The summed E-state index contributed by atoms with van der Waals surface area (Å²) in [5.74, 6) is 0.144. The monoisotopic (exact) mass is 288 g/mol. The molecule has 1 aromatic carbocycles. The van der Waals surface area contributed by atoms with Crippen LogP contribution in [0.3, 0.4) is 0 Å². The number of carbonyl (C=O) groups excluding carboxylic acids is 1. The lowest BCUT2D eigenvalue weighted by molar-refractivity contribution is -0.141. The maximum atomic E-state index is 12.6. The molecule has 2 saturated heterocycles. The van der Waals surface area contributed by atoms with Gasteiger partial charge >= 0.3 is 0 Å². The highest BCUT2D eigenvalue weighted by Crippen LogP contribution is 2.35. The van der Waals surface area contributed by atoms with Crippen LogP contribution in [-0.2, 0) is 14.9 Å². The lowest BCUT2D eigenvalue weighted by atomic mass is 9.82. The Hall–Kier alpha value is -1.39. The van der Waals surface area contributed by atoms with Crippen LogP contribution in [0.5, 0.6) is 0 Å². The summed E-state index contributed by atoms with van der Waals surface area (Å²) in [5.41, 5.74) is 6.99. The Balaban J connectivity index is 1.66. The Labute approximate surface area is 126 Å². The minimum absolute atomic E-state index is 0.0575. The highest BCUT2D eigenvalue weighted by Gasteiger charge is 2.41. The number of benzene rings is 1. The van der Waals surface area contributed by atoms with Crippen molar-refractivity contribution in [3.63, 3.8) is 0 Å². The third-order valence-corrected chi connectivity index (χ3v) is 4.90. The van der Waals surface area contributed by atoms with Crippen LogP contribution < -0.4 is 5.73 Å². The minimum Gasteiger partial charge on any atom is -0.364 e. The molecule has 0 aromatic heterocycles. The zero-order valence-electron chi connectivity index (χ0n) is 12.6. The van der Waals surface area contributed by atoms with E-state index in [1.807, 2.05) is 11.0 Å². The lowest BCUT2D eigenvalue weighted by Crippen LogP contribution is -2.40. The molecule has 0 spiro atoms. The second kappa shape index (κ2) is 5.78. The average Bonchev–Trinajstić information content (AvgIpc) is 3.15. The van der Waals surface area contributed by atoms with Gasteiger partial charge in [-0.05, 0) is 24.8 Å². The fraction of sp³-hybridized carbons (Fsp3) is 0.588. The first-order valence-electron chi connectivity index (χ1n) is 7.82. The van der Waals surface area contributed by atoms with Gasteiger partial charge in [0, 0.05) is 25.0 Å². The van der Waals surface area contributed by atoms with Gasteiger partial charge in [0.1, 0.15) is 6.10 Å². The molecule has 1 amide bonds. The van der Waals surface area contributed by atoms with Gasteiger partial charge in [-0.25, -0.2) is 0 Å². The molecule has 4 heteroatoms. The molecular formula is C17H24N2O2. The fourth-order valence-electron chi connectivity index (χ4n) is 3.49. The minimum atomic E-state index is -0.281. The molecule has 2 aliphatic rings. The molecule has 0 radical (unpaired) electrons. The molecule has 2 fully saturated rings. The van der Waals surface area contributed by atoms with E-state index in [1.165, 1.54) is 5.56 Å².